The summed E-state index contributed by atoms with van der Waals surface area (Å²) in [5.41, 5.74) is 4.42. The van der Waals surface area contributed by atoms with Gasteiger partial charge < -0.3 is 30.3 Å². The minimum absolute atomic E-state index is 0.298. The van der Waals surface area contributed by atoms with Gasteiger partial charge in [0.15, 0.2) is 0 Å². The Labute approximate surface area is 190 Å². The zero-order valence-corrected chi connectivity index (χ0v) is 19.5. The largest absolute Gasteiger partial charge is 0.481 e. The quantitative estimate of drug-likeness (QED) is 0.717. The first-order chi connectivity index (χ1) is 14.9. The Hall–Kier alpha value is -2.81. The van der Waals surface area contributed by atoms with Gasteiger partial charge >= 0.3 is 18.1 Å². The number of nitrogens with two attached hydrogens (primary N) is 1. The van der Waals surface area contributed by atoms with Crippen molar-refractivity contribution in [2.24, 2.45) is 5.73 Å². The van der Waals surface area contributed by atoms with Gasteiger partial charge in [0.2, 0.25) is 0 Å². The highest BCUT2D eigenvalue weighted by Gasteiger charge is 2.44. The molecule has 0 spiro atoms. The fourth-order valence-corrected chi connectivity index (χ4v) is 3.81. The molecule has 2 aliphatic heterocycles. The van der Waals surface area contributed by atoms with Crippen LogP contribution in [-0.2, 0) is 14.9 Å². The Morgan fingerprint density at radius 2 is 1.47 bits per heavy atom. The van der Waals surface area contributed by atoms with Gasteiger partial charge in [0.25, 0.3) is 0 Å². The SMILES string of the molecule is CC(C)(C)OC(=O)N1CCC(C(=O)O)(c2ccccc2)CC1.CN1CCN(C(N)=O)CC1. The molecule has 0 aliphatic carbocycles. The molecule has 1 aromatic carbocycles. The van der Waals surface area contributed by atoms with Crippen LogP contribution in [0.15, 0.2) is 30.3 Å². The summed E-state index contributed by atoms with van der Waals surface area (Å²) in [5.74, 6) is -0.831. The second-order valence-corrected chi connectivity index (χ2v) is 9.35. The van der Waals surface area contributed by atoms with E-state index >= 15 is 0 Å². The topological polar surface area (TPSA) is 116 Å². The van der Waals surface area contributed by atoms with E-state index in [1.165, 1.54) is 0 Å². The Morgan fingerprint density at radius 1 is 0.938 bits per heavy atom. The molecule has 1 aromatic rings. The molecule has 2 aliphatic rings. The molecule has 0 unspecified atom stereocenters. The molecule has 2 saturated heterocycles. The van der Waals surface area contributed by atoms with Crippen LogP contribution in [0.4, 0.5) is 9.59 Å². The number of carbonyl (C=O) groups is 3. The van der Waals surface area contributed by atoms with Crippen molar-refractivity contribution in [3.05, 3.63) is 35.9 Å². The number of hydrogen-bond donors (Lipinski definition) is 2. The van der Waals surface area contributed by atoms with E-state index in [9.17, 15) is 19.5 Å². The van der Waals surface area contributed by atoms with Crippen LogP contribution in [0.1, 0.15) is 39.2 Å². The van der Waals surface area contributed by atoms with Crippen LogP contribution in [0, 0.1) is 0 Å². The zero-order valence-electron chi connectivity index (χ0n) is 19.5. The summed E-state index contributed by atoms with van der Waals surface area (Å²) in [5, 5.41) is 9.72. The minimum atomic E-state index is -0.917. The molecule has 9 nitrogen and oxygen atoms in total. The van der Waals surface area contributed by atoms with Gasteiger partial charge in [-0.2, -0.15) is 0 Å². The highest BCUT2D eigenvalue weighted by Crippen LogP contribution is 2.36. The number of benzene rings is 1. The number of nitrogens with zero attached hydrogens (tertiary/aromatic N) is 3. The van der Waals surface area contributed by atoms with Crippen molar-refractivity contribution in [2.75, 3.05) is 46.3 Å². The van der Waals surface area contributed by atoms with Crippen molar-refractivity contribution < 1.29 is 24.2 Å². The molecule has 32 heavy (non-hydrogen) atoms. The van der Waals surface area contributed by atoms with Crippen LogP contribution in [0.3, 0.4) is 0 Å². The number of piperidine rings is 1. The Kier molecular flexibility index (Phi) is 8.49. The number of likely N-dealkylation sites (tertiary alicyclic amines) is 1. The molecule has 0 radical (unpaired) electrons. The van der Waals surface area contributed by atoms with E-state index in [2.05, 4.69) is 4.90 Å². The number of hydrogen-bond acceptors (Lipinski definition) is 5. The summed E-state index contributed by atoms with van der Waals surface area (Å²) in [6, 6.07) is 8.96. The van der Waals surface area contributed by atoms with E-state index in [1.54, 1.807) is 9.80 Å². The lowest BCUT2D eigenvalue weighted by atomic mass is 9.73. The van der Waals surface area contributed by atoms with Gasteiger partial charge in [-0.3, -0.25) is 4.79 Å². The Balaban J connectivity index is 0.000000303. The number of ether oxygens (including phenoxy) is 1. The molecular formula is C23H36N4O5. The Bertz CT molecular complexity index is 777. The first kappa shape index (κ1) is 25.5. The second-order valence-electron chi connectivity index (χ2n) is 9.35. The molecule has 2 heterocycles. The lowest BCUT2D eigenvalue weighted by molar-refractivity contribution is -0.146. The molecule has 3 amide bonds. The van der Waals surface area contributed by atoms with E-state index in [0.717, 1.165) is 31.7 Å². The van der Waals surface area contributed by atoms with Gasteiger partial charge in [-0.05, 0) is 46.2 Å². The average Bonchev–Trinajstić information content (AvgIpc) is 2.74. The third-order valence-corrected chi connectivity index (χ3v) is 5.82. The molecule has 2 fully saturated rings. The molecule has 9 heteroatoms. The van der Waals surface area contributed by atoms with Gasteiger partial charge in [0.1, 0.15) is 5.60 Å². The fourth-order valence-electron chi connectivity index (χ4n) is 3.81. The number of likely N-dealkylation sites (N-methyl/N-ethyl adjacent to an activating group) is 1. The maximum absolute atomic E-state index is 12.1. The van der Waals surface area contributed by atoms with Crippen molar-refractivity contribution >= 4 is 18.1 Å². The summed E-state index contributed by atoms with van der Waals surface area (Å²) < 4.78 is 5.35. The molecular weight excluding hydrogens is 412 g/mol. The van der Waals surface area contributed by atoms with Crippen molar-refractivity contribution in [2.45, 2.75) is 44.6 Å². The monoisotopic (exact) mass is 448 g/mol. The van der Waals surface area contributed by atoms with Crippen molar-refractivity contribution in [1.29, 1.82) is 0 Å². The second kappa shape index (κ2) is 10.7. The highest BCUT2D eigenvalue weighted by atomic mass is 16.6. The lowest BCUT2D eigenvalue weighted by Gasteiger charge is -2.39. The number of carboxylic acids is 1. The summed E-state index contributed by atoms with van der Waals surface area (Å²) in [4.78, 5) is 40.0. The number of primary amides is 1. The van der Waals surface area contributed by atoms with Crippen molar-refractivity contribution in [3.8, 4) is 0 Å². The van der Waals surface area contributed by atoms with Gasteiger partial charge in [-0.15, -0.1) is 0 Å². The lowest BCUT2D eigenvalue weighted by Crippen LogP contribution is -2.50. The number of piperazine rings is 1. The van der Waals surface area contributed by atoms with Gasteiger partial charge in [-0.1, -0.05) is 30.3 Å². The van der Waals surface area contributed by atoms with Crippen LogP contribution >= 0.6 is 0 Å². The predicted molar refractivity (Wildman–Crippen MR) is 121 cm³/mol. The Morgan fingerprint density at radius 3 is 1.91 bits per heavy atom. The molecule has 3 rings (SSSR count). The molecule has 0 aromatic heterocycles. The maximum atomic E-state index is 12.1. The van der Waals surface area contributed by atoms with Crippen LogP contribution in [0.2, 0.25) is 0 Å². The molecule has 3 N–H and O–H groups in total. The standard InChI is InChI=1S/C17H23NO4.C6H13N3O/c1-16(2,3)22-15(21)18-11-9-17(10-12-18,14(19)20)13-7-5-4-6-8-13;1-8-2-4-9(5-3-8)6(7)10/h4-8H,9-12H2,1-3H3,(H,19,20);2-5H2,1H3,(H2,7,10). The number of amides is 3. The number of urea groups is 1. The number of carbonyl (C=O) groups excluding carboxylic acids is 2. The number of carboxylic acid groups (broad SMARTS) is 1. The van der Waals surface area contributed by atoms with Crippen molar-refractivity contribution in [1.82, 2.24) is 14.7 Å². The summed E-state index contributed by atoms with van der Waals surface area (Å²) >= 11 is 0. The highest BCUT2D eigenvalue weighted by molar-refractivity contribution is 5.82. The summed E-state index contributed by atoms with van der Waals surface area (Å²) in [7, 11) is 2.04. The van der Waals surface area contributed by atoms with Gasteiger partial charge in [-0.25, -0.2) is 9.59 Å². The van der Waals surface area contributed by atoms with Crippen LogP contribution < -0.4 is 5.73 Å². The summed E-state index contributed by atoms with van der Waals surface area (Å²) in [6.07, 6.45) is 0.413. The minimum Gasteiger partial charge on any atom is -0.481 e. The van der Waals surface area contributed by atoms with E-state index < -0.39 is 17.0 Å². The summed E-state index contributed by atoms with van der Waals surface area (Å²) in [6.45, 7) is 9.64. The van der Waals surface area contributed by atoms with Gasteiger partial charge in [0.05, 0.1) is 5.41 Å². The third-order valence-electron chi connectivity index (χ3n) is 5.82. The van der Waals surface area contributed by atoms with Gasteiger partial charge in [0, 0.05) is 39.3 Å². The first-order valence-corrected chi connectivity index (χ1v) is 10.9. The number of rotatable bonds is 2. The zero-order chi connectivity index (χ0) is 23.9. The normalized spacial score (nSPS) is 18.9. The fraction of sp³-hybridized carbons (Fsp3) is 0.609. The van der Waals surface area contributed by atoms with Crippen molar-refractivity contribution in [3.63, 3.8) is 0 Å². The van der Waals surface area contributed by atoms with E-state index in [1.807, 2.05) is 58.2 Å². The average molecular weight is 449 g/mol. The maximum Gasteiger partial charge on any atom is 0.410 e. The van der Waals surface area contributed by atoms with Crippen LogP contribution in [0.25, 0.3) is 0 Å². The molecule has 0 atom stereocenters. The number of aliphatic carboxylic acids is 1. The third kappa shape index (κ3) is 6.85. The first-order valence-electron chi connectivity index (χ1n) is 10.9. The van der Waals surface area contributed by atoms with E-state index in [0.29, 0.717) is 25.9 Å². The van der Waals surface area contributed by atoms with E-state index in [4.69, 9.17) is 10.5 Å². The molecule has 178 valence electrons. The predicted octanol–water partition coefficient (Wildman–Crippen LogP) is 2.35. The molecule has 0 saturated carbocycles. The molecule has 0 bridgehead atoms. The smallest absolute Gasteiger partial charge is 0.410 e. The van der Waals surface area contributed by atoms with E-state index in [-0.39, 0.29) is 12.1 Å². The van der Waals surface area contributed by atoms with Crippen LogP contribution in [-0.4, -0.2) is 89.8 Å². The van der Waals surface area contributed by atoms with Crippen LogP contribution in [0.5, 0.6) is 0 Å².